The largest absolute Gasteiger partial charge is 0.490 e. The van der Waals surface area contributed by atoms with E-state index in [0.29, 0.717) is 18.2 Å². The van der Waals surface area contributed by atoms with Crippen molar-refractivity contribution in [1.82, 2.24) is 9.78 Å². The molecule has 1 aromatic heterocycles. The van der Waals surface area contributed by atoms with Crippen molar-refractivity contribution >= 4 is 23.6 Å². The summed E-state index contributed by atoms with van der Waals surface area (Å²) in [7, 11) is 0. The monoisotopic (exact) mass is 424 g/mol. The van der Waals surface area contributed by atoms with E-state index in [9.17, 15) is 4.79 Å². The molecule has 156 valence electrons. The van der Waals surface area contributed by atoms with E-state index in [0.717, 1.165) is 33.8 Å². The molecule has 3 rings (SSSR count). The summed E-state index contributed by atoms with van der Waals surface area (Å²) in [4.78, 5) is 12.1. The number of halogens is 1. The average molecular weight is 425 g/mol. The average Bonchev–Trinajstić information content (AvgIpc) is 2.99. The summed E-state index contributed by atoms with van der Waals surface area (Å²) in [5.74, 6) is 0.377. The number of rotatable bonds is 8. The summed E-state index contributed by atoms with van der Waals surface area (Å²) < 4.78 is 12.7. The number of carbonyl (C=O) groups excluding carboxylic acids is 1. The molecular weight excluding hydrogens is 400 g/mol. The number of para-hydroxylation sites is 1. The van der Waals surface area contributed by atoms with Gasteiger partial charge in [-0.3, -0.25) is 4.68 Å². The van der Waals surface area contributed by atoms with Gasteiger partial charge < -0.3 is 9.47 Å². The topological polar surface area (TPSA) is 53.4 Å². The number of hydrogen-bond donors (Lipinski definition) is 0. The van der Waals surface area contributed by atoms with E-state index in [2.05, 4.69) is 5.10 Å². The Hall–Kier alpha value is -3.05. The van der Waals surface area contributed by atoms with Gasteiger partial charge >= 0.3 is 5.97 Å². The van der Waals surface area contributed by atoms with Gasteiger partial charge in [0.1, 0.15) is 19.0 Å². The smallest absolute Gasteiger partial charge is 0.330 e. The molecule has 0 bridgehead atoms. The Kier molecular flexibility index (Phi) is 7.31. The normalized spacial score (nSPS) is 11.1. The molecule has 1 heterocycles. The van der Waals surface area contributed by atoms with Crippen LogP contribution in [0.15, 0.2) is 54.6 Å². The molecule has 0 amide bonds. The van der Waals surface area contributed by atoms with Gasteiger partial charge in [-0.15, -0.1) is 0 Å². The molecule has 0 atom stereocenters. The molecule has 0 aliphatic carbocycles. The van der Waals surface area contributed by atoms with Crippen molar-refractivity contribution in [3.8, 4) is 5.75 Å². The third-order valence-corrected chi connectivity index (χ3v) is 5.15. The Balaban J connectivity index is 1.55. The lowest BCUT2D eigenvalue weighted by Crippen LogP contribution is -2.10. The predicted octanol–water partition coefficient (Wildman–Crippen LogP) is 5.15. The third kappa shape index (κ3) is 5.51. The van der Waals surface area contributed by atoms with Crippen molar-refractivity contribution in [2.45, 2.75) is 27.3 Å². The highest BCUT2D eigenvalue weighted by atomic mass is 35.5. The van der Waals surface area contributed by atoms with Crippen LogP contribution in [0.2, 0.25) is 5.02 Å². The van der Waals surface area contributed by atoms with Crippen LogP contribution in [0.5, 0.6) is 5.75 Å². The standard InChI is InChI=1S/C24H25ClN2O3/c1-17-8-4-7-11-23(17)29-14-15-30-24(28)13-12-21-18(2)26-27(19(21)3)16-20-9-5-6-10-22(20)25/h4-13H,14-16H2,1-3H3. The summed E-state index contributed by atoms with van der Waals surface area (Å²) in [5.41, 5.74) is 4.73. The third-order valence-electron chi connectivity index (χ3n) is 4.78. The molecule has 0 aliphatic heterocycles. The number of nitrogens with zero attached hydrogens (tertiary/aromatic N) is 2. The summed E-state index contributed by atoms with van der Waals surface area (Å²) in [6.07, 6.45) is 3.16. The van der Waals surface area contributed by atoms with Gasteiger partial charge in [-0.2, -0.15) is 5.10 Å². The van der Waals surface area contributed by atoms with Gasteiger partial charge in [0, 0.05) is 22.4 Å². The van der Waals surface area contributed by atoms with E-state index in [4.69, 9.17) is 21.1 Å². The molecule has 0 unspecified atom stereocenters. The number of aromatic nitrogens is 2. The molecule has 0 N–H and O–H groups in total. The van der Waals surface area contributed by atoms with Crippen LogP contribution in [0.4, 0.5) is 0 Å². The minimum absolute atomic E-state index is 0.182. The van der Waals surface area contributed by atoms with Crippen molar-refractivity contribution < 1.29 is 14.3 Å². The maximum atomic E-state index is 12.1. The highest BCUT2D eigenvalue weighted by Crippen LogP contribution is 2.20. The predicted molar refractivity (Wildman–Crippen MR) is 119 cm³/mol. The fourth-order valence-electron chi connectivity index (χ4n) is 3.11. The molecule has 5 nitrogen and oxygen atoms in total. The van der Waals surface area contributed by atoms with Crippen molar-refractivity contribution in [3.05, 3.63) is 87.7 Å². The molecule has 0 fully saturated rings. The first-order valence-corrected chi connectivity index (χ1v) is 10.1. The molecule has 30 heavy (non-hydrogen) atoms. The number of carbonyl (C=O) groups is 1. The van der Waals surface area contributed by atoms with Crippen LogP contribution in [-0.2, 0) is 16.1 Å². The zero-order chi connectivity index (χ0) is 21.5. The Morgan fingerprint density at radius 3 is 2.57 bits per heavy atom. The van der Waals surface area contributed by atoms with Crippen molar-refractivity contribution in [3.63, 3.8) is 0 Å². The summed E-state index contributed by atoms with van der Waals surface area (Å²) in [6.45, 7) is 6.91. The van der Waals surface area contributed by atoms with Crippen molar-refractivity contribution in [2.75, 3.05) is 13.2 Å². The van der Waals surface area contributed by atoms with E-state index in [1.54, 1.807) is 6.08 Å². The quantitative estimate of drug-likeness (QED) is 0.285. The maximum Gasteiger partial charge on any atom is 0.330 e. The van der Waals surface area contributed by atoms with Gasteiger partial charge in [0.25, 0.3) is 0 Å². The number of ether oxygens (including phenoxy) is 2. The zero-order valence-electron chi connectivity index (χ0n) is 17.4. The Bertz CT molecular complexity index is 1060. The van der Waals surface area contributed by atoms with E-state index >= 15 is 0 Å². The Morgan fingerprint density at radius 2 is 1.80 bits per heavy atom. The first-order chi connectivity index (χ1) is 14.5. The van der Waals surface area contributed by atoms with E-state index in [1.807, 2.05) is 74.0 Å². The fourth-order valence-corrected chi connectivity index (χ4v) is 3.30. The lowest BCUT2D eigenvalue weighted by atomic mass is 10.1. The van der Waals surface area contributed by atoms with Crippen LogP contribution >= 0.6 is 11.6 Å². The second-order valence-electron chi connectivity index (χ2n) is 6.95. The zero-order valence-corrected chi connectivity index (χ0v) is 18.1. The van der Waals surface area contributed by atoms with Crippen molar-refractivity contribution in [2.24, 2.45) is 0 Å². The highest BCUT2D eigenvalue weighted by molar-refractivity contribution is 6.31. The second-order valence-corrected chi connectivity index (χ2v) is 7.36. The summed E-state index contributed by atoms with van der Waals surface area (Å²) in [5, 5.41) is 5.28. The lowest BCUT2D eigenvalue weighted by Gasteiger charge is -2.08. The Labute approximate surface area is 181 Å². The maximum absolute atomic E-state index is 12.1. The highest BCUT2D eigenvalue weighted by Gasteiger charge is 2.11. The van der Waals surface area contributed by atoms with Crippen LogP contribution in [0, 0.1) is 20.8 Å². The van der Waals surface area contributed by atoms with Gasteiger partial charge in [0.05, 0.1) is 12.2 Å². The van der Waals surface area contributed by atoms with Crippen molar-refractivity contribution in [1.29, 1.82) is 0 Å². The van der Waals surface area contributed by atoms with Crippen LogP contribution in [0.25, 0.3) is 6.08 Å². The van der Waals surface area contributed by atoms with Crippen LogP contribution in [0.1, 0.15) is 28.1 Å². The molecule has 0 aliphatic rings. The molecule has 2 aromatic carbocycles. The van der Waals surface area contributed by atoms with Crippen LogP contribution in [0.3, 0.4) is 0 Å². The van der Waals surface area contributed by atoms with Gasteiger partial charge in [0.2, 0.25) is 0 Å². The van der Waals surface area contributed by atoms with E-state index < -0.39 is 5.97 Å². The number of hydrogen-bond acceptors (Lipinski definition) is 4. The number of benzene rings is 2. The van der Waals surface area contributed by atoms with Gasteiger partial charge in [0.15, 0.2) is 0 Å². The minimum Gasteiger partial charge on any atom is -0.490 e. The molecule has 3 aromatic rings. The van der Waals surface area contributed by atoms with Gasteiger partial charge in [-0.05, 0) is 50.1 Å². The molecule has 0 radical (unpaired) electrons. The number of aryl methyl sites for hydroxylation is 2. The van der Waals surface area contributed by atoms with E-state index in [1.165, 1.54) is 6.08 Å². The van der Waals surface area contributed by atoms with Gasteiger partial charge in [-0.25, -0.2) is 4.79 Å². The summed E-state index contributed by atoms with van der Waals surface area (Å²) in [6, 6.07) is 15.4. The van der Waals surface area contributed by atoms with Gasteiger partial charge in [-0.1, -0.05) is 48.0 Å². The SMILES string of the molecule is Cc1ccccc1OCCOC(=O)C=Cc1c(C)nn(Cc2ccccc2Cl)c1C. The fraction of sp³-hybridized carbons (Fsp3) is 0.250. The molecular formula is C24H25ClN2O3. The second kappa shape index (κ2) is 10.1. The lowest BCUT2D eigenvalue weighted by molar-refractivity contribution is -0.138. The molecule has 0 saturated heterocycles. The van der Waals surface area contributed by atoms with E-state index in [-0.39, 0.29) is 6.61 Å². The Morgan fingerprint density at radius 1 is 1.07 bits per heavy atom. The molecule has 0 saturated carbocycles. The molecule has 6 heteroatoms. The summed E-state index contributed by atoms with van der Waals surface area (Å²) >= 11 is 6.26. The first kappa shape index (κ1) is 21.7. The number of esters is 1. The van der Waals surface area contributed by atoms with Crippen LogP contribution in [-0.4, -0.2) is 29.0 Å². The van der Waals surface area contributed by atoms with Crippen LogP contribution < -0.4 is 4.74 Å². The first-order valence-electron chi connectivity index (χ1n) is 9.76. The molecule has 0 spiro atoms. The minimum atomic E-state index is -0.416.